The Kier molecular flexibility index (Phi) is 8.68. The van der Waals surface area contributed by atoms with Crippen LogP contribution in [0.4, 0.5) is 17.1 Å². The maximum Gasteiger partial charge on any atom is 0.238 e. The van der Waals surface area contributed by atoms with E-state index in [9.17, 15) is 9.59 Å². The zero-order chi connectivity index (χ0) is 23.8. The van der Waals surface area contributed by atoms with E-state index in [-0.39, 0.29) is 37.1 Å². The third-order valence-electron chi connectivity index (χ3n) is 5.50. The molecular formula is C25H34N4O4. The molecule has 1 aliphatic heterocycles. The highest BCUT2D eigenvalue weighted by Crippen LogP contribution is 2.23. The molecule has 33 heavy (non-hydrogen) atoms. The molecule has 0 aliphatic carbocycles. The van der Waals surface area contributed by atoms with Crippen molar-refractivity contribution in [3.63, 3.8) is 0 Å². The minimum Gasteiger partial charge on any atom is -0.495 e. The molecule has 8 nitrogen and oxygen atoms in total. The van der Waals surface area contributed by atoms with Crippen molar-refractivity contribution in [1.29, 1.82) is 0 Å². The lowest BCUT2D eigenvalue weighted by Crippen LogP contribution is -2.45. The van der Waals surface area contributed by atoms with Gasteiger partial charge in [0.1, 0.15) is 5.75 Å². The van der Waals surface area contributed by atoms with E-state index in [0.717, 1.165) is 24.5 Å². The first-order valence-corrected chi connectivity index (χ1v) is 11.3. The van der Waals surface area contributed by atoms with Crippen LogP contribution in [0.2, 0.25) is 0 Å². The van der Waals surface area contributed by atoms with Gasteiger partial charge in [-0.25, -0.2) is 0 Å². The van der Waals surface area contributed by atoms with Crippen LogP contribution in [0.3, 0.4) is 0 Å². The quantitative estimate of drug-likeness (QED) is 0.606. The van der Waals surface area contributed by atoms with Crippen LogP contribution in [-0.2, 0) is 14.3 Å². The van der Waals surface area contributed by atoms with Crippen LogP contribution < -0.4 is 20.3 Å². The van der Waals surface area contributed by atoms with Crippen molar-refractivity contribution in [3.05, 3.63) is 48.5 Å². The third-order valence-corrected chi connectivity index (χ3v) is 5.50. The van der Waals surface area contributed by atoms with Crippen molar-refractivity contribution < 1.29 is 19.1 Å². The monoisotopic (exact) mass is 454 g/mol. The lowest BCUT2D eigenvalue weighted by Gasteiger charge is -2.36. The van der Waals surface area contributed by atoms with Crippen molar-refractivity contribution in [2.75, 3.05) is 55.4 Å². The second-order valence-electron chi connectivity index (χ2n) is 8.31. The first-order valence-electron chi connectivity index (χ1n) is 11.3. The Balaban J connectivity index is 1.50. The minimum absolute atomic E-state index is 0.105. The van der Waals surface area contributed by atoms with Crippen LogP contribution >= 0.6 is 0 Å². The van der Waals surface area contributed by atoms with Gasteiger partial charge in [-0.05, 0) is 56.8 Å². The molecular weight excluding hydrogens is 420 g/mol. The highest BCUT2D eigenvalue weighted by Gasteiger charge is 2.22. The molecule has 0 spiro atoms. The normalized spacial score (nSPS) is 18.2. The number of nitrogens with one attached hydrogen (secondary N) is 2. The summed E-state index contributed by atoms with van der Waals surface area (Å²) in [5, 5.41) is 5.76. The molecule has 0 aromatic heterocycles. The molecule has 1 aliphatic rings. The summed E-state index contributed by atoms with van der Waals surface area (Å²) >= 11 is 0. The van der Waals surface area contributed by atoms with Crippen LogP contribution in [0.5, 0.6) is 5.75 Å². The van der Waals surface area contributed by atoms with Crippen LogP contribution in [0.15, 0.2) is 48.5 Å². The van der Waals surface area contributed by atoms with Gasteiger partial charge in [-0.15, -0.1) is 0 Å². The number of morpholine rings is 1. The van der Waals surface area contributed by atoms with E-state index in [2.05, 4.69) is 29.4 Å². The van der Waals surface area contributed by atoms with Crippen molar-refractivity contribution in [2.24, 2.45) is 0 Å². The lowest BCUT2D eigenvalue weighted by atomic mass is 10.2. The van der Waals surface area contributed by atoms with E-state index < -0.39 is 0 Å². The van der Waals surface area contributed by atoms with Gasteiger partial charge in [0.2, 0.25) is 11.8 Å². The summed E-state index contributed by atoms with van der Waals surface area (Å²) in [7, 11) is 1.56. The van der Waals surface area contributed by atoms with Gasteiger partial charge in [0.15, 0.2) is 0 Å². The third kappa shape index (κ3) is 7.20. The first-order chi connectivity index (χ1) is 15.9. The largest absolute Gasteiger partial charge is 0.495 e. The number of hydrogen-bond acceptors (Lipinski definition) is 6. The second-order valence-corrected chi connectivity index (χ2v) is 8.31. The molecule has 8 heteroatoms. The summed E-state index contributed by atoms with van der Waals surface area (Å²) in [6.07, 6.45) is 0.377. The molecule has 1 saturated heterocycles. The maximum absolute atomic E-state index is 12.6. The predicted molar refractivity (Wildman–Crippen MR) is 131 cm³/mol. The summed E-state index contributed by atoms with van der Waals surface area (Å²) in [4.78, 5) is 29.1. The van der Waals surface area contributed by atoms with Gasteiger partial charge in [0.25, 0.3) is 0 Å². The van der Waals surface area contributed by atoms with Gasteiger partial charge >= 0.3 is 0 Å². The lowest BCUT2D eigenvalue weighted by molar-refractivity contribution is -0.119. The second kappa shape index (κ2) is 11.7. The Morgan fingerprint density at radius 1 is 1.00 bits per heavy atom. The van der Waals surface area contributed by atoms with Crippen molar-refractivity contribution in [1.82, 2.24) is 4.90 Å². The number of amides is 2. The van der Waals surface area contributed by atoms with E-state index in [1.165, 1.54) is 0 Å². The molecule has 0 saturated carbocycles. The number of benzene rings is 2. The molecule has 0 bridgehead atoms. The van der Waals surface area contributed by atoms with Crippen molar-refractivity contribution in [3.8, 4) is 5.75 Å². The number of rotatable bonds is 9. The molecule has 178 valence electrons. The Morgan fingerprint density at radius 3 is 2.21 bits per heavy atom. The number of nitrogens with zero attached hydrogens (tertiary/aromatic N) is 2. The fourth-order valence-electron chi connectivity index (χ4n) is 3.97. The van der Waals surface area contributed by atoms with E-state index in [0.29, 0.717) is 18.0 Å². The average Bonchev–Trinajstić information content (AvgIpc) is 2.78. The Labute approximate surface area is 195 Å². The molecule has 0 radical (unpaired) electrons. The maximum atomic E-state index is 12.6. The van der Waals surface area contributed by atoms with Gasteiger partial charge in [-0.2, -0.15) is 0 Å². The number of hydrogen-bond donors (Lipinski definition) is 2. The van der Waals surface area contributed by atoms with Crippen LogP contribution in [-0.4, -0.2) is 68.8 Å². The predicted octanol–water partition coefficient (Wildman–Crippen LogP) is 3.21. The van der Waals surface area contributed by atoms with Crippen LogP contribution in [0.25, 0.3) is 0 Å². The zero-order valence-electron chi connectivity index (χ0n) is 19.8. The zero-order valence-corrected chi connectivity index (χ0v) is 19.8. The molecule has 3 rings (SSSR count). The number of ether oxygens (including phenoxy) is 2. The molecule has 2 aromatic carbocycles. The number of carbonyl (C=O) groups is 2. The topological polar surface area (TPSA) is 83.1 Å². The molecule has 2 unspecified atom stereocenters. The smallest absolute Gasteiger partial charge is 0.238 e. The van der Waals surface area contributed by atoms with Crippen LogP contribution in [0.1, 0.15) is 20.8 Å². The summed E-state index contributed by atoms with van der Waals surface area (Å²) in [5.74, 6) is 0.229. The molecule has 2 N–H and O–H groups in total. The van der Waals surface area contributed by atoms with E-state index >= 15 is 0 Å². The van der Waals surface area contributed by atoms with Crippen molar-refractivity contribution in [2.45, 2.75) is 33.0 Å². The molecule has 2 atom stereocenters. The van der Waals surface area contributed by atoms with Crippen LogP contribution in [0, 0.1) is 0 Å². The van der Waals surface area contributed by atoms with E-state index in [1.807, 2.05) is 43.3 Å². The number of likely N-dealkylation sites (N-methyl/N-ethyl adjacent to an activating group) is 1. The van der Waals surface area contributed by atoms with Gasteiger partial charge in [-0.1, -0.05) is 19.1 Å². The fraction of sp³-hybridized carbons (Fsp3) is 0.440. The Morgan fingerprint density at radius 2 is 1.61 bits per heavy atom. The standard InChI is InChI=1S/C25H34N4O4/c1-5-28(17-25(31)27-22-8-6-7-9-23(22)32-4)16-24(30)26-20-10-12-21(13-11-20)29-14-18(2)33-19(3)15-29/h6-13,18-19H,5,14-17H2,1-4H3,(H,26,30)(H,27,31). The molecule has 1 heterocycles. The van der Waals surface area contributed by atoms with E-state index in [1.54, 1.807) is 24.1 Å². The first kappa shape index (κ1) is 24.5. The van der Waals surface area contributed by atoms with E-state index in [4.69, 9.17) is 9.47 Å². The number of carbonyl (C=O) groups excluding carboxylic acids is 2. The highest BCUT2D eigenvalue weighted by molar-refractivity contribution is 5.95. The highest BCUT2D eigenvalue weighted by atomic mass is 16.5. The Hall–Kier alpha value is -3.10. The average molecular weight is 455 g/mol. The molecule has 1 fully saturated rings. The summed E-state index contributed by atoms with van der Waals surface area (Å²) in [6.45, 7) is 8.56. The SMILES string of the molecule is CCN(CC(=O)Nc1ccc(N2CC(C)OC(C)C2)cc1)CC(=O)Nc1ccccc1OC. The molecule has 2 amide bonds. The number of anilines is 3. The summed E-state index contributed by atoms with van der Waals surface area (Å²) < 4.78 is 11.1. The minimum atomic E-state index is -0.201. The molecule has 2 aromatic rings. The number of para-hydroxylation sites is 2. The van der Waals surface area contributed by atoms with Crippen molar-refractivity contribution >= 4 is 28.9 Å². The summed E-state index contributed by atoms with van der Waals surface area (Å²) in [6, 6.07) is 15.1. The van der Waals surface area contributed by atoms with Gasteiger partial charge in [0.05, 0.1) is 38.1 Å². The van der Waals surface area contributed by atoms with Gasteiger partial charge in [0, 0.05) is 24.5 Å². The Bertz CT molecular complexity index is 924. The number of methoxy groups -OCH3 is 1. The van der Waals surface area contributed by atoms with Gasteiger partial charge in [-0.3, -0.25) is 14.5 Å². The van der Waals surface area contributed by atoms with Gasteiger partial charge < -0.3 is 25.0 Å². The fourth-order valence-corrected chi connectivity index (χ4v) is 3.97. The summed E-state index contributed by atoms with van der Waals surface area (Å²) in [5.41, 5.74) is 2.44.